The summed E-state index contributed by atoms with van der Waals surface area (Å²) in [6.07, 6.45) is 2.71. The molecule has 29 heavy (non-hydrogen) atoms. The zero-order valence-corrected chi connectivity index (χ0v) is 16.7. The molecule has 0 spiro atoms. The molecule has 4 rings (SSSR count). The molecule has 1 fully saturated rings. The molecule has 8 heteroatoms. The maximum absolute atomic E-state index is 12.9. The number of rotatable bonds is 4. The van der Waals surface area contributed by atoms with Gasteiger partial charge in [-0.05, 0) is 67.8 Å². The lowest BCUT2D eigenvalue weighted by atomic mass is 10.0. The van der Waals surface area contributed by atoms with E-state index in [1.165, 1.54) is 0 Å². The minimum absolute atomic E-state index is 0.189. The van der Waals surface area contributed by atoms with Crippen molar-refractivity contribution in [3.8, 4) is 17.1 Å². The first-order valence-electron chi connectivity index (χ1n) is 9.45. The molecule has 3 aromatic rings. The van der Waals surface area contributed by atoms with Crippen LogP contribution in [-0.2, 0) is 0 Å². The lowest BCUT2D eigenvalue weighted by Crippen LogP contribution is -2.41. The van der Waals surface area contributed by atoms with Gasteiger partial charge >= 0.3 is 6.03 Å². The third-order valence-electron chi connectivity index (χ3n) is 4.93. The Labute approximate surface area is 173 Å². The maximum Gasteiger partial charge on any atom is 0.322 e. The first-order chi connectivity index (χ1) is 14.1. The summed E-state index contributed by atoms with van der Waals surface area (Å²) in [7, 11) is 1.61. The van der Waals surface area contributed by atoms with Crippen LogP contribution in [0.2, 0.25) is 5.02 Å². The summed E-state index contributed by atoms with van der Waals surface area (Å²) in [5.41, 5.74) is 1.52. The highest BCUT2D eigenvalue weighted by Gasteiger charge is 2.32. The third kappa shape index (κ3) is 4.35. The van der Waals surface area contributed by atoms with Crippen molar-refractivity contribution in [2.45, 2.75) is 25.3 Å². The smallest absolute Gasteiger partial charge is 0.322 e. The molecule has 0 bridgehead atoms. The number of anilines is 1. The van der Waals surface area contributed by atoms with Gasteiger partial charge in [-0.1, -0.05) is 16.8 Å². The summed E-state index contributed by atoms with van der Waals surface area (Å²) >= 11 is 5.94. The summed E-state index contributed by atoms with van der Waals surface area (Å²) in [4.78, 5) is 19.2. The van der Waals surface area contributed by atoms with E-state index < -0.39 is 0 Å². The first-order valence-corrected chi connectivity index (χ1v) is 9.83. The monoisotopic (exact) mass is 412 g/mol. The summed E-state index contributed by atoms with van der Waals surface area (Å²) < 4.78 is 10.7. The van der Waals surface area contributed by atoms with Crippen LogP contribution in [0.1, 0.15) is 31.2 Å². The third-order valence-corrected chi connectivity index (χ3v) is 5.19. The zero-order chi connectivity index (χ0) is 20.2. The average Bonchev–Trinajstić information content (AvgIpc) is 3.25. The largest absolute Gasteiger partial charge is 0.497 e. The molecule has 1 atom stereocenters. The van der Waals surface area contributed by atoms with Crippen molar-refractivity contribution in [3.63, 3.8) is 0 Å². The average molecular weight is 413 g/mol. The normalized spacial score (nSPS) is 16.5. The number of likely N-dealkylation sites (tertiary alicyclic amines) is 1. The summed E-state index contributed by atoms with van der Waals surface area (Å²) in [6.45, 7) is 0.630. The van der Waals surface area contributed by atoms with Crippen LogP contribution in [0.5, 0.6) is 5.75 Å². The van der Waals surface area contributed by atoms with Crippen LogP contribution in [-0.4, -0.2) is 34.7 Å². The van der Waals surface area contributed by atoms with Crippen LogP contribution in [0.3, 0.4) is 0 Å². The van der Waals surface area contributed by atoms with Crippen molar-refractivity contribution in [2.75, 3.05) is 19.0 Å². The van der Waals surface area contributed by atoms with Gasteiger partial charge in [0.1, 0.15) is 11.8 Å². The maximum atomic E-state index is 12.9. The molecule has 0 saturated carbocycles. The second-order valence-corrected chi connectivity index (χ2v) is 7.26. The highest BCUT2D eigenvalue weighted by Crippen LogP contribution is 2.32. The molecular formula is C21H21ClN4O3. The number of hydrogen-bond acceptors (Lipinski definition) is 5. The summed E-state index contributed by atoms with van der Waals surface area (Å²) in [6, 6.07) is 14.0. The number of halogens is 1. The molecular weight excluding hydrogens is 392 g/mol. The second kappa shape index (κ2) is 8.53. The van der Waals surface area contributed by atoms with E-state index >= 15 is 0 Å². The molecule has 1 saturated heterocycles. The molecule has 2 amide bonds. The molecule has 0 unspecified atom stereocenters. The van der Waals surface area contributed by atoms with Crippen LogP contribution >= 0.6 is 11.6 Å². The van der Waals surface area contributed by atoms with Crippen LogP contribution in [0, 0.1) is 0 Å². The Morgan fingerprint density at radius 1 is 1.17 bits per heavy atom. The molecule has 0 radical (unpaired) electrons. The Bertz CT molecular complexity index is 972. The first kappa shape index (κ1) is 19.3. The van der Waals surface area contributed by atoms with E-state index in [9.17, 15) is 4.79 Å². The minimum atomic E-state index is -0.254. The Hall–Kier alpha value is -3.06. The second-order valence-electron chi connectivity index (χ2n) is 6.83. The number of nitrogens with one attached hydrogen (secondary N) is 1. The van der Waals surface area contributed by atoms with Gasteiger partial charge in [-0.2, -0.15) is 4.98 Å². The van der Waals surface area contributed by atoms with Gasteiger partial charge in [-0.25, -0.2) is 4.79 Å². The molecule has 1 N–H and O–H groups in total. The topological polar surface area (TPSA) is 80.5 Å². The fourth-order valence-electron chi connectivity index (χ4n) is 3.39. The van der Waals surface area contributed by atoms with Gasteiger partial charge in [0.25, 0.3) is 0 Å². The number of urea groups is 1. The van der Waals surface area contributed by atoms with E-state index in [1.54, 1.807) is 48.4 Å². The van der Waals surface area contributed by atoms with Crippen molar-refractivity contribution >= 4 is 23.3 Å². The number of aromatic nitrogens is 2. The van der Waals surface area contributed by atoms with Crippen molar-refractivity contribution in [1.29, 1.82) is 0 Å². The predicted octanol–water partition coefficient (Wildman–Crippen LogP) is 5.16. The quantitative estimate of drug-likeness (QED) is 0.640. The van der Waals surface area contributed by atoms with Gasteiger partial charge in [0, 0.05) is 22.8 Å². The van der Waals surface area contributed by atoms with Crippen molar-refractivity contribution in [3.05, 3.63) is 59.4 Å². The van der Waals surface area contributed by atoms with E-state index in [2.05, 4.69) is 15.5 Å². The molecule has 1 aromatic heterocycles. The number of ether oxygens (including phenoxy) is 1. The van der Waals surface area contributed by atoms with E-state index in [4.69, 9.17) is 20.9 Å². The number of amides is 2. The van der Waals surface area contributed by atoms with Crippen LogP contribution in [0.4, 0.5) is 10.5 Å². The fourth-order valence-corrected chi connectivity index (χ4v) is 3.51. The van der Waals surface area contributed by atoms with E-state index in [1.807, 2.05) is 12.1 Å². The van der Waals surface area contributed by atoms with Gasteiger partial charge in [0.05, 0.1) is 7.11 Å². The number of hydrogen-bond donors (Lipinski definition) is 1. The fraction of sp³-hybridized carbons (Fsp3) is 0.286. The van der Waals surface area contributed by atoms with E-state index in [0.29, 0.717) is 29.0 Å². The molecule has 7 nitrogen and oxygen atoms in total. The molecule has 0 aliphatic carbocycles. The van der Waals surface area contributed by atoms with Gasteiger partial charge in [-0.15, -0.1) is 0 Å². The summed E-state index contributed by atoms with van der Waals surface area (Å²) in [5.74, 6) is 1.66. The molecule has 1 aliphatic rings. The Morgan fingerprint density at radius 3 is 2.66 bits per heavy atom. The van der Waals surface area contributed by atoms with Gasteiger partial charge in [0.15, 0.2) is 0 Å². The lowest BCUT2D eigenvalue weighted by Gasteiger charge is -2.33. The van der Waals surface area contributed by atoms with Gasteiger partial charge in [-0.3, -0.25) is 0 Å². The molecule has 2 heterocycles. The van der Waals surface area contributed by atoms with Gasteiger partial charge in [0.2, 0.25) is 11.7 Å². The number of piperidine rings is 1. The van der Waals surface area contributed by atoms with Crippen molar-refractivity contribution < 1.29 is 14.1 Å². The Balaban J connectivity index is 1.51. The summed E-state index contributed by atoms with van der Waals surface area (Å²) in [5, 5.41) is 7.67. The molecule has 1 aliphatic heterocycles. The van der Waals surface area contributed by atoms with Crippen LogP contribution < -0.4 is 10.1 Å². The Morgan fingerprint density at radius 2 is 1.93 bits per heavy atom. The minimum Gasteiger partial charge on any atom is -0.497 e. The van der Waals surface area contributed by atoms with E-state index in [-0.39, 0.29) is 12.1 Å². The van der Waals surface area contributed by atoms with Crippen LogP contribution in [0.15, 0.2) is 53.1 Å². The number of benzene rings is 2. The SMILES string of the molecule is COc1ccc(NC(=O)N2CCCC[C@H]2c2nc(-c3ccc(Cl)cc3)no2)cc1. The molecule has 2 aromatic carbocycles. The number of nitrogens with zero attached hydrogens (tertiary/aromatic N) is 3. The highest BCUT2D eigenvalue weighted by molar-refractivity contribution is 6.30. The van der Waals surface area contributed by atoms with Crippen LogP contribution in [0.25, 0.3) is 11.4 Å². The molecule has 150 valence electrons. The van der Waals surface area contributed by atoms with E-state index in [0.717, 1.165) is 30.6 Å². The van der Waals surface area contributed by atoms with Gasteiger partial charge < -0.3 is 19.5 Å². The highest BCUT2D eigenvalue weighted by atomic mass is 35.5. The zero-order valence-electron chi connectivity index (χ0n) is 16.0. The lowest BCUT2D eigenvalue weighted by molar-refractivity contribution is 0.142. The number of carbonyl (C=O) groups is 1. The standard InChI is InChI=1S/C21H21ClN4O3/c1-28-17-11-9-16(10-12-17)23-21(27)26-13-3-2-4-18(26)20-24-19(25-29-20)14-5-7-15(22)8-6-14/h5-12,18H,2-4,13H2,1H3,(H,23,27)/t18-/m0/s1. The predicted molar refractivity (Wildman–Crippen MR) is 110 cm³/mol. The van der Waals surface area contributed by atoms with Crippen molar-refractivity contribution in [2.24, 2.45) is 0 Å². The number of carbonyl (C=O) groups excluding carboxylic acids is 1. The Kier molecular flexibility index (Phi) is 5.67. The number of methoxy groups -OCH3 is 1. The van der Waals surface area contributed by atoms with Crippen molar-refractivity contribution in [1.82, 2.24) is 15.0 Å².